The van der Waals surface area contributed by atoms with E-state index in [9.17, 15) is 10.2 Å². The normalized spacial score (nSPS) is 41.1. The van der Waals surface area contributed by atoms with Crippen LogP contribution in [0.2, 0.25) is 0 Å². The van der Waals surface area contributed by atoms with E-state index in [0.29, 0.717) is 6.42 Å². The van der Waals surface area contributed by atoms with Gasteiger partial charge >= 0.3 is 0 Å². The van der Waals surface area contributed by atoms with Crippen molar-refractivity contribution in [2.75, 3.05) is 0 Å². The summed E-state index contributed by atoms with van der Waals surface area (Å²) in [7, 11) is 0. The molecule has 4 nitrogen and oxygen atoms in total. The Balaban J connectivity index is 2.71. The van der Waals surface area contributed by atoms with Crippen LogP contribution in [-0.4, -0.2) is 40.4 Å². The fourth-order valence-electron chi connectivity index (χ4n) is 1.89. The van der Waals surface area contributed by atoms with Gasteiger partial charge in [-0.1, -0.05) is 13.8 Å². The third kappa shape index (κ3) is 3.17. The van der Waals surface area contributed by atoms with Crippen molar-refractivity contribution in [3.63, 3.8) is 0 Å². The third-order valence-corrected chi connectivity index (χ3v) is 2.88. The first kappa shape index (κ1) is 13.9. The minimum Gasteiger partial charge on any atom is -0.390 e. The summed E-state index contributed by atoms with van der Waals surface area (Å²) in [4.78, 5) is 0. The summed E-state index contributed by atoms with van der Waals surface area (Å²) in [6.07, 6.45) is -1.75. The second kappa shape index (κ2) is 5.00. The van der Waals surface area contributed by atoms with Gasteiger partial charge < -0.3 is 19.7 Å². The molecular weight excluding hydrogens is 208 g/mol. The SMILES string of the molecule is CC[C@H]1O[C@@H](OC(C)(C)C)[C@H](C)[C@@H](O)[C@H]1O. The second-order valence-electron chi connectivity index (χ2n) is 5.52. The molecule has 1 rings (SSSR count). The van der Waals surface area contributed by atoms with Crippen molar-refractivity contribution < 1.29 is 19.7 Å². The van der Waals surface area contributed by atoms with E-state index < -0.39 is 18.5 Å². The van der Waals surface area contributed by atoms with Crippen molar-refractivity contribution in [1.29, 1.82) is 0 Å². The molecule has 1 aliphatic heterocycles. The van der Waals surface area contributed by atoms with Crippen LogP contribution >= 0.6 is 0 Å². The summed E-state index contributed by atoms with van der Waals surface area (Å²) in [6.45, 7) is 9.59. The fraction of sp³-hybridized carbons (Fsp3) is 1.00. The molecular formula is C12H24O4. The van der Waals surface area contributed by atoms with Gasteiger partial charge in [-0.15, -0.1) is 0 Å². The van der Waals surface area contributed by atoms with Crippen molar-refractivity contribution in [3.8, 4) is 0 Å². The van der Waals surface area contributed by atoms with Crippen LogP contribution in [0.15, 0.2) is 0 Å². The molecule has 16 heavy (non-hydrogen) atoms. The molecule has 1 aliphatic rings. The van der Waals surface area contributed by atoms with Crippen molar-refractivity contribution in [1.82, 2.24) is 0 Å². The molecule has 2 N–H and O–H groups in total. The summed E-state index contributed by atoms with van der Waals surface area (Å²) in [5.74, 6) is -0.225. The topological polar surface area (TPSA) is 58.9 Å². The maximum Gasteiger partial charge on any atom is 0.163 e. The standard InChI is InChI=1S/C12H24O4/c1-6-8-10(14)9(13)7(2)11(15-8)16-12(3,4)5/h7-11,13-14H,6H2,1-5H3/t7-,8-,9-,10+,11+/m1/s1. The van der Waals surface area contributed by atoms with Crippen molar-refractivity contribution in [2.24, 2.45) is 5.92 Å². The highest BCUT2D eigenvalue weighted by molar-refractivity contribution is 4.87. The van der Waals surface area contributed by atoms with Crippen LogP contribution in [0.1, 0.15) is 41.0 Å². The number of aliphatic hydroxyl groups excluding tert-OH is 2. The number of hydrogen-bond donors (Lipinski definition) is 2. The first-order chi connectivity index (χ1) is 7.26. The quantitative estimate of drug-likeness (QED) is 0.753. The van der Waals surface area contributed by atoms with E-state index >= 15 is 0 Å². The molecule has 0 aromatic rings. The molecule has 0 saturated carbocycles. The van der Waals surface area contributed by atoms with Gasteiger partial charge in [0.05, 0.1) is 17.8 Å². The van der Waals surface area contributed by atoms with Gasteiger partial charge in [-0.05, 0) is 27.2 Å². The van der Waals surface area contributed by atoms with E-state index in [4.69, 9.17) is 9.47 Å². The monoisotopic (exact) mass is 232 g/mol. The molecule has 0 amide bonds. The molecule has 0 spiro atoms. The highest BCUT2D eigenvalue weighted by atomic mass is 16.7. The lowest BCUT2D eigenvalue weighted by molar-refractivity contribution is -0.300. The minimum absolute atomic E-state index is 0.225. The molecule has 0 bridgehead atoms. The van der Waals surface area contributed by atoms with Crippen LogP contribution in [0.25, 0.3) is 0 Å². The largest absolute Gasteiger partial charge is 0.390 e. The number of rotatable bonds is 2. The molecule has 4 heteroatoms. The molecule has 0 aliphatic carbocycles. The number of ether oxygens (including phenoxy) is 2. The van der Waals surface area contributed by atoms with Gasteiger partial charge in [-0.25, -0.2) is 0 Å². The van der Waals surface area contributed by atoms with Crippen LogP contribution in [0.5, 0.6) is 0 Å². The number of aliphatic hydroxyl groups is 2. The van der Waals surface area contributed by atoms with E-state index in [0.717, 1.165) is 0 Å². The van der Waals surface area contributed by atoms with Crippen LogP contribution < -0.4 is 0 Å². The molecule has 0 unspecified atom stereocenters. The zero-order valence-electron chi connectivity index (χ0n) is 10.8. The van der Waals surface area contributed by atoms with Gasteiger partial charge in [-0.2, -0.15) is 0 Å². The molecule has 1 saturated heterocycles. The summed E-state index contributed by atoms with van der Waals surface area (Å²) >= 11 is 0. The smallest absolute Gasteiger partial charge is 0.163 e. The minimum atomic E-state index is -0.820. The maximum absolute atomic E-state index is 9.90. The summed E-state index contributed by atoms with van der Waals surface area (Å²) in [5.41, 5.74) is -0.320. The summed E-state index contributed by atoms with van der Waals surface area (Å²) < 4.78 is 11.4. The average molecular weight is 232 g/mol. The lowest BCUT2D eigenvalue weighted by Gasteiger charge is -2.43. The van der Waals surface area contributed by atoms with E-state index in [-0.39, 0.29) is 17.6 Å². The zero-order chi connectivity index (χ0) is 12.5. The predicted molar refractivity (Wildman–Crippen MR) is 61.0 cm³/mol. The average Bonchev–Trinajstić information content (AvgIpc) is 2.17. The molecule has 5 atom stereocenters. The molecule has 0 aromatic heterocycles. The van der Waals surface area contributed by atoms with Gasteiger partial charge in [0.15, 0.2) is 6.29 Å². The first-order valence-corrected chi connectivity index (χ1v) is 5.95. The van der Waals surface area contributed by atoms with E-state index in [2.05, 4.69) is 0 Å². The number of hydrogen-bond acceptors (Lipinski definition) is 4. The zero-order valence-corrected chi connectivity index (χ0v) is 10.8. The Morgan fingerprint density at radius 1 is 1.19 bits per heavy atom. The van der Waals surface area contributed by atoms with Gasteiger partial charge in [0, 0.05) is 5.92 Å². The summed E-state index contributed by atoms with van der Waals surface area (Å²) in [5, 5.41) is 19.7. The van der Waals surface area contributed by atoms with Gasteiger partial charge in [0.1, 0.15) is 6.10 Å². The van der Waals surface area contributed by atoms with Crippen LogP contribution in [-0.2, 0) is 9.47 Å². The van der Waals surface area contributed by atoms with Crippen LogP contribution in [0.4, 0.5) is 0 Å². The highest BCUT2D eigenvalue weighted by Gasteiger charge is 2.43. The molecule has 96 valence electrons. The Hall–Kier alpha value is -0.160. The Bertz CT molecular complexity index is 222. The lowest BCUT2D eigenvalue weighted by atomic mass is 9.91. The van der Waals surface area contributed by atoms with Gasteiger partial charge in [-0.3, -0.25) is 0 Å². The Kier molecular flexibility index (Phi) is 4.35. The molecule has 0 radical (unpaired) electrons. The van der Waals surface area contributed by atoms with Crippen LogP contribution in [0.3, 0.4) is 0 Å². The molecule has 1 heterocycles. The van der Waals surface area contributed by atoms with E-state index in [1.165, 1.54) is 0 Å². The van der Waals surface area contributed by atoms with Gasteiger partial charge in [0.25, 0.3) is 0 Å². The van der Waals surface area contributed by atoms with Crippen molar-refractivity contribution >= 4 is 0 Å². The first-order valence-electron chi connectivity index (χ1n) is 5.95. The van der Waals surface area contributed by atoms with Crippen molar-refractivity contribution in [3.05, 3.63) is 0 Å². The molecule has 1 fully saturated rings. The Morgan fingerprint density at radius 2 is 1.75 bits per heavy atom. The van der Waals surface area contributed by atoms with E-state index in [1.807, 2.05) is 34.6 Å². The predicted octanol–water partition coefficient (Wildman–Crippen LogP) is 1.29. The maximum atomic E-state index is 9.90. The second-order valence-corrected chi connectivity index (χ2v) is 5.52. The van der Waals surface area contributed by atoms with Gasteiger partial charge in [0.2, 0.25) is 0 Å². The van der Waals surface area contributed by atoms with Crippen molar-refractivity contribution in [2.45, 2.75) is 71.2 Å². The Morgan fingerprint density at radius 3 is 2.19 bits per heavy atom. The summed E-state index contributed by atoms with van der Waals surface area (Å²) in [6, 6.07) is 0. The Labute approximate surface area is 97.6 Å². The lowest BCUT2D eigenvalue weighted by Crippen LogP contribution is -2.55. The molecule has 0 aromatic carbocycles. The van der Waals surface area contributed by atoms with E-state index in [1.54, 1.807) is 0 Å². The van der Waals surface area contributed by atoms with Crippen LogP contribution in [0, 0.1) is 5.92 Å². The highest BCUT2D eigenvalue weighted by Crippen LogP contribution is 2.30. The fourth-order valence-corrected chi connectivity index (χ4v) is 1.89. The third-order valence-electron chi connectivity index (χ3n) is 2.88.